The summed E-state index contributed by atoms with van der Waals surface area (Å²) in [5, 5.41) is 24.4. The van der Waals surface area contributed by atoms with Crippen LogP contribution in [0.3, 0.4) is 0 Å². The van der Waals surface area contributed by atoms with Gasteiger partial charge >= 0.3 is 18.0 Å². The SMILES string of the molecule is COc1ccc(C#Cc2ccc3c(c2)[C@]2(C(=O)N3C(=O)N[C@@H](C)c3ccccc3)[C@H](C(=O)O)[C@H]3C(=O)O[C@H](c4ccccc4)[C@H](c4ccccc4)N3[C@@H]2c2cccc(OCCO)c2)cc1. The Hall–Kier alpha value is -7.72. The molecule has 326 valence electrons. The third kappa shape index (κ3) is 7.54. The molecular weight excluding hydrogens is 823 g/mol. The summed E-state index contributed by atoms with van der Waals surface area (Å²) in [6, 6.07) is 41.9. The first-order valence-electron chi connectivity index (χ1n) is 21.3. The van der Waals surface area contributed by atoms with Crippen molar-refractivity contribution in [3.63, 3.8) is 0 Å². The highest BCUT2D eigenvalue weighted by molar-refractivity contribution is 6.24. The molecular formula is C53H45N3O9. The van der Waals surface area contributed by atoms with Crippen LogP contribution < -0.4 is 19.7 Å². The number of rotatable bonds is 10. The smallest absolute Gasteiger partial charge is 0.329 e. The van der Waals surface area contributed by atoms with Gasteiger partial charge in [-0.3, -0.25) is 19.3 Å². The second-order valence-corrected chi connectivity index (χ2v) is 16.2. The number of esters is 1. The van der Waals surface area contributed by atoms with Gasteiger partial charge in [0.1, 0.15) is 41.6 Å². The summed E-state index contributed by atoms with van der Waals surface area (Å²) in [6.07, 6.45) is -0.952. The van der Waals surface area contributed by atoms with E-state index in [2.05, 4.69) is 17.2 Å². The van der Waals surface area contributed by atoms with Crippen molar-refractivity contribution in [1.82, 2.24) is 10.2 Å². The Morgan fingerprint density at radius 1 is 0.754 bits per heavy atom. The van der Waals surface area contributed by atoms with E-state index in [1.165, 1.54) is 0 Å². The quantitative estimate of drug-likeness (QED) is 0.0923. The van der Waals surface area contributed by atoms with Gasteiger partial charge in [-0.15, -0.1) is 0 Å². The topological polar surface area (TPSA) is 155 Å². The number of methoxy groups -OCH3 is 1. The fourth-order valence-electron chi connectivity index (χ4n) is 9.80. The maximum absolute atomic E-state index is 16.2. The number of amides is 3. The van der Waals surface area contributed by atoms with Gasteiger partial charge in [-0.05, 0) is 89.3 Å². The summed E-state index contributed by atoms with van der Waals surface area (Å²) in [7, 11) is 1.57. The number of carbonyl (C=O) groups is 4. The van der Waals surface area contributed by atoms with Crippen LogP contribution in [0.15, 0.2) is 158 Å². The molecule has 12 heteroatoms. The van der Waals surface area contributed by atoms with Crippen molar-refractivity contribution >= 4 is 29.6 Å². The zero-order valence-electron chi connectivity index (χ0n) is 35.5. The van der Waals surface area contributed by atoms with E-state index in [1.54, 1.807) is 80.8 Å². The number of fused-ring (bicyclic) bond motifs is 3. The van der Waals surface area contributed by atoms with Crippen molar-refractivity contribution in [1.29, 1.82) is 0 Å². The number of imide groups is 1. The Labute approximate surface area is 376 Å². The number of ether oxygens (including phenoxy) is 3. The van der Waals surface area contributed by atoms with E-state index in [-0.39, 0.29) is 24.5 Å². The number of benzene rings is 6. The number of morpholine rings is 1. The van der Waals surface area contributed by atoms with Crippen molar-refractivity contribution in [3.8, 4) is 23.3 Å². The third-order valence-corrected chi connectivity index (χ3v) is 12.5. The van der Waals surface area contributed by atoms with Crippen molar-refractivity contribution in [2.45, 2.75) is 42.6 Å². The van der Waals surface area contributed by atoms with Crippen molar-refractivity contribution < 1.29 is 43.6 Å². The molecule has 6 aromatic carbocycles. The highest BCUT2D eigenvalue weighted by Gasteiger charge is 2.76. The highest BCUT2D eigenvalue weighted by atomic mass is 16.6. The summed E-state index contributed by atoms with van der Waals surface area (Å²) in [5.41, 5.74) is 1.88. The van der Waals surface area contributed by atoms with Crippen LogP contribution in [0, 0.1) is 17.8 Å². The molecule has 65 heavy (non-hydrogen) atoms. The fraction of sp³-hybridized carbons (Fsp3) is 0.208. The number of nitrogens with zero attached hydrogens (tertiary/aromatic N) is 2. The van der Waals surface area contributed by atoms with Gasteiger partial charge in [0, 0.05) is 11.1 Å². The Morgan fingerprint density at radius 2 is 1.38 bits per heavy atom. The number of aliphatic carboxylic acids is 1. The Balaban J connectivity index is 1.32. The summed E-state index contributed by atoms with van der Waals surface area (Å²) in [5.74, 6) is 2.45. The lowest BCUT2D eigenvalue weighted by atomic mass is 9.65. The van der Waals surface area contributed by atoms with E-state index >= 15 is 4.79 Å². The van der Waals surface area contributed by atoms with E-state index in [1.807, 2.05) is 95.9 Å². The minimum atomic E-state index is -2.16. The number of carboxylic acids is 1. The summed E-state index contributed by atoms with van der Waals surface area (Å²) in [4.78, 5) is 63.2. The second kappa shape index (κ2) is 17.8. The molecule has 1 spiro atoms. The highest BCUT2D eigenvalue weighted by Crippen LogP contribution is 2.66. The second-order valence-electron chi connectivity index (χ2n) is 16.2. The minimum absolute atomic E-state index is 0.0378. The van der Waals surface area contributed by atoms with E-state index < -0.39 is 65.5 Å². The average Bonchev–Trinajstić information content (AvgIpc) is 3.80. The number of hydrogen-bond donors (Lipinski definition) is 3. The molecule has 3 aliphatic heterocycles. The molecule has 3 N–H and O–H groups in total. The number of cyclic esters (lactones) is 1. The molecule has 6 aromatic rings. The van der Waals surface area contributed by atoms with Crippen LogP contribution in [-0.2, 0) is 24.5 Å². The zero-order valence-corrected chi connectivity index (χ0v) is 35.5. The van der Waals surface area contributed by atoms with Gasteiger partial charge < -0.3 is 29.7 Å². The number of carboxylic acid groups (broad SMARTS) is 1. The normalized spacial score (nSPS) is 22.5. The standard InChI is InChI=1S/C53H45N3O9/c1-33(36-13-6-3-7-14-36)54-52(62)55-43-28-25-35(22-21-34-23-26-40(63-2)27-24-34)31-42(43)53(51(55)61)44(49(58)59)46-50(60)65-47(38-17-10-5-11-18-38)45(37-15-8-4-9-16-37)56(46)48(53)39-19-12-20-41(32-39)64-30-29-57/h3-20,23-28,31-33,44-48,57H,29-30H2,1-2H3,(H,54,62)(H,58,59)/t33-,44-,45-,46-,47+,48+,53-/m0/s1. The van der Waals surface area contributed by atoms with Crippen LogP contribution in [-0.4, -0.2) is 65.4 Å². The fourth-order valence-corrected chi connectivity index (χ4v) is 9.80. The summed E-state index contributed by atoms with van der Waals surface area (Å²) >= 11 is 0. The minimum Gasteiger partial charge on any atom is -0.497 e. The Kier molecular flexibility index (Phi) is 11.7. The lowest BCUT2D eigenvalue weighted by Crippen LogP contribution is -2.54. The first-order valence-corrected chi connectivity index (χ1v) is 21.3. The zero-order chi connectivity index (χ0) is 45.2. The van der Waals surface area contributed by atoms with Crippen LogP contribution >= 0.6 is 0 Å². The lowest BCUT2D eigenvalue weighted by molar-refractivity contribution is -0.179. The summed E-state index contributed by atoms with van der Waals surface area (Å²) in [6.45, 7) is 1.48. The number of aliphatic hydroxyl groups is 1. The van der Waals surface area contributed by atoms with Crippen LogP contribution in [0.2, 0.25) is 0 Å². The van der Waals surface area contributed by atoms with Crippen molar-refractivity contribution in [2.75, 3.05) is 25.2 Å². The predicted octanol–water partition coefficient (Wildman–Crippen LogP) is 7.69. The van der Waals surface area contributed by atoms with E-state index in [0.717, 1.165) is 10.5 Å². The largest absolute Gasteiger partial charge is 0.497 e. The average molecular weight is 868 g/mol. The molecule has 2 fully saturated rings. The molecule has 12 nitrogen and oxygen atoms in total. The number of nitrogens with one attached hydrogen (secondary N) is 1. The van der Waals surface area contributed by atoms with Crippen molar-refractivity contribution in [2.24, 2.45) is 5.92 Å². The Bertz CT molecular complexity index is 2810. The van der Waals surface area contributed by atoms with Gasteiger partial charge in [0.15, 0.2) is 0 Å². The molecule has 7 atom stereocenters. The van der Waals surface area contributed by atoms with Gasteiger partial charge in [-0.25, -0.2) is 9.69 Å². The number of anilines is 1. The molecule has 3 aliphatic rings. The number of hydrogen-bond acceptors (Lipinski definition) is 9. The summed E-state index contributed by atoms with van der Waals surface area (Å²) < 4.78 is 17.6. The number of carbonyl (C=O) groups excluding carboxylic acids is 3. The first kappa shape index (κ1) is 42.6. The maximum atomic E-state index is 16.2. The van der Waals surface area contributed by atoms with Gasteiger partial charge in [-0.2, -0.15) is 0 Å². The molecule has 2 saturated heterocycles. The molecule has 0 saturated carbocycles. The monoisotopic (exact) mass is 867 g/mol. The first-order chi connectivity index (χ1) is 31.6. The molecule has 3 heterocycles. The lowest BCUT2D eigenvalue weighted by Gasteiger charge is -2.46. The maximum Gasteiger partial charge on any atom is 0.329 e. The van der Waals surface area contributed by atoms with Crippen molar-refractivity contribution in [3.05, 3.63) is 197 Å². The van der Waals surface area contributed by atoms with Crippen LogP contribution in [0.5, 0.6) is 11.5 Å². The predicted molar refractivity (Wildman–Crippen MR) is 241 cm³/mol. The molecule has 0 unspecified atom stereocenters. The molecule has 3 amide bonds. The molecule has 0 aromatic heterocycles. The number of aliphatic hydroxyl groups excluding tert-OH is 1. The number of urea groups is 1. The molecule has 0 aliphatic carbocycles. The van der Waals surface area contributed by atoms with E-state index in [9.17, 15) is 24.6 Å². The molecule has 0 radical (unpaired) electrons. The van der Waals surface area contributed by atoms with E-state index in [4.69, 9.17) is 14.2 Å². The van der Waals surface area contributed by atoms with Gasteiger partial charge in [-0.1, -0.05) is 115 Å². The van der Waals surface area contributed by atoms with Gasteiger partial charge in [0.2, 0.25) is 5.91 Å². The van der Waals surface area contributed by atoms with E-state index in [0.29, 0.717) is 39.3 Å². The molecule has 0 bridgehead atoms. The van der Waals surface area contributed by atoms with Gasteiger partial charge in [0.25, 0.3) is 0 Å². The van der Waals surface area contributed by atoms with Crippen LogP contribution in [0.4, 0.5) is 10.5 Å². The van der Waals surface area contributed by atoms with Crippen LogP contribution in [0.1, 0.15) is 70.1 Å². The molecule has 9 rings (SSSR count). The Morgan fingerprint density at radius 3 is 2.05 bits per heavy atom. The van der Waals surface area contributed by atoms with Crippen LogP contribution in [0.25, 0.3) is 0 Å². The third-order valence-electron chi connectivity index (χ3n) is 12.5. The van der Waals surface area contributed by atoms with Gasteiger partial charge in [0.05, 0.1) is 37.5 Å².